The fourth-order valence-electron chi connectivity index (χ4n) is 5.47. The van der Waals surface area contributed by atoms with Crippen LogP contribution in [0.1, 0.15) is 55.7 Å². The lowest BCUT2D eigenvalue weighted by Crippen LogP contribution is -2.37. The lowest BCUT2D eigenvalue weighted by molar-refractivity contribution is -0.148. The highest BCUT2D eigenvalue weighted by Crippen LogP contribution is 2.46. The lowest BCUT2D eigenvalue weighted by Gasteiger charge is -2.37. The second kappa shape index (κ2) is 10.1. The van der Waals surface area contributed by atoms with E-state index >= 15 is 0 Å². The quantitative estimate of drug-likeness (QED) is 0.611. The molecular formula is C28H31N3O5. The number of para-hydroxylation sites is 1. The first kappa shape index (κ1) is 24.1. The number of allylic oxidation sites excluding steroid dienone is 3. The van der Waals surface area contributed by atoms with Gasteiger partial charge < -0.3 is 25.3 Å². The number of ether oxygens (including phenoxy) is 3. The topological polar surface area (TPSA) is 113 Å². The fraction of sp³-hybridized carbons (Fsp3) is 0.393. The van der Waals surface area contributed by atoms with Crippen molar-refractivity contribution in [2.45, 2.75) is 50.5 Å². The molecule has 0 unspecified atom stereocenters. The number of carbonyl (C=O) groups excluding carboxylic acids is 2. The molecule has 3 N–H and O–H groups in total. The molecule has 0 bridgehead atoms. The summed E-state index contributed by atoms with van der Waals surface area (Å²) in [6.45, 7) is 2.97. The maximum atomic E-state index is 13.8. The van der Waals surface area contributed by atoms with E-state index in [4.69, 9.17) is 19.9 Å². The molecule has 1 saturated heterocycles. The third-order valence-electron chi connectivity index (χ3n) is 7.16. The molecule has 1 aromatic carbocycles. The summed E-state index contributed by atoms with van der Waals surface area (Å²) in [6.07, 6.45) is 2.01. The molecule has 5 rings (SSSR count). The van der Waals surface area contributed by atoms with Crippen molar-refractivity contribution in [2.75, 3.05) is 26.1 Å². The highest BCUT2D eigenvalue weighted by Gasteiger charge is 2.43. The maximum Gasteiger partial charge on any atom is 0.337 e. The van der Waals surface area contributed by atoms with Gasteiger partial charge in [-0.25, -0.2) is 9.78 Å². The number of nitrogen functional groups attached to an aromatic ring is 1. The van der Waals surface area contributed by atoms with Crippen molar-refractivity contribution in [3.05, 3.63) is 76.3 Å². The van der Waals surface area contributed by atoms with Gasteiger partial charge in [0.2, 0.25) is 0 Å². The predicted octanol–water partition coefficient (Wildman–Crippen LogP) is 3.76. The average Bonchev–Trinajstić information content (AvgIpc) is 2.88. The van der Waals surface area contributed by atoms with Gasteiger partial charge in [-0.2, -0.15) is 0 Å². The van der Waals surface area contributed by atoms with Gasteiger partial charge in [0, 0.05) is 42.1 Å². The molecule has 0 radical (unpaired) electrons. The number of aromatic nitrogens is 1. The van der Waals surface area contributed by atoms with Crippen LogP contribution in [0.25, 0.3) is 0 Å². The van der Waals surface area contributed by atoms with Crippen LogP contribution >= 0.6 is 0 Å². The Labute approximate surface area is 210 Å². The number of ketones is 1. The second-order valence-corrected chi connectivity index (χ2v) is 9.46. The number of hydrogen-bond donors (Lipinski definition) is 2. The minimum absolute atomic E-state index is 0.0299. The van der Waals surface area contributed by atoms with Crippen molar-refractivity contribution in [2.24, 2.45) is 0 Å². The molecule has 8 heteroatoms. The Balaban J connectivity index is 1.54. The Morgan fingerprint density at radius 3 is 2.64 bits per heavy atom. The predicted molar refractivity (Wildman–Crippen MR) is 134 cm³/mol. The van der Waals surface area contributed by atoms with E-state index in [2.05, 4.69) is 10.3 Å². The van der Waals surface area contributed by atoms with Gasteiger partial charge in [-0.05, 0) is 37.1 Å². The highest BCUT2D eigenvalue weighted by atomic mass is 16.6. The molecule has 3 aliphatic rings. The fourth-order valence-corrected chi connectivity index (χ4v) is 5.47. The molecule has 0 spiro atoms. The van der Waals surface area contributed by atoms with E-state index in [1.165, 1.54) is 0 Å². The molecule has 8 nitrogen and oxygen atoms in total. The first-order valence-corrected chi connectivity index (χ1v) is 12.3. The molecule has 1 aliphatic carbocycles. The van der Waals surface area contributed by atoms with E-state index in [9.17, 15) is 9.59 Å². The highest BCUT2D eigenvalue weighted by molar-refractivity contribution is 6.04. The zero-order valence-corrected chi connectivity index (χ0v) is 20.6. The molecule has 3 heterocycles. The molecule has 188 valence electrons. The van der Waals surface area contributed by atoms with Crippen LogP contribution in [-0.4, -0.2) is 43.2 Å². The molecule has 1 aromatic heterocycles. The normalized spacial score (nSPS) is 22.7. The number of benzene rings is 1. The van der Waals surface area contributed by atoms with Gasteiger partial charge in [0.05, 0.1) is 37.5 Å². The van der Waals surface area contributed by atoms with Crippen molar-refractivity contribution in [1.82, 2.24) is 10.3 Å². The van der Waals surface area contributed by atoms with Crippen molar-refractivity contribution < 1.29 is 23.8 Å². The van der Waals surface area contributed by atoms with Crippen LogP contribution in [0.5, 0.6) is 5.75 Å². The van der Waals surface area contributed by atoms with Crippen molar-refractivity contribution in [3.63, 3.8) is 0 Å². The van der Waals surface area contributed by atoms with E-state index in [1.54, 1.807) is 19.2 Å². The number of carbonyl (C=O) groups is 2. The number of nitrogens with zero attached hydrogens (tertiary/aromatic N) is 1. The Kier molecular flexibility index (Phi) is 6.78. The SMILES string of the molecule is COc1ccccc1[C@H]1CC(=O)C2=C(C1)NC(C)=C(C(=O)OC1CCOCC1)[C@H]2c1cccc(N)n1. The van der Waals surface area contributed by atoms with Crippen molar-refractivity contribution in [3.8, 4) is 5.75 Å². The van der Waals surface area contributed by atoms with E-state index < -0.39 is 11.9 Å². The summed E-state index contributed by atoms with van der Waals surface area (Å²) in [4.78, 5) is 31.8. The van der Waals surface area contributed by atoms with Crippen LogP contribution in [0.3, 0.4) is 0 Å². The Hall–Kier alpha value is -3.65. The van der Waals surface area contributed by atoms with Crippen molar-refractivity contribution >= 4 is 17.6 Å². The molecule has 2 aromatic rings. The number of nitrogens with two attached hydrogens (primary N) is 1. The molecule has 36 heavy (non-hydrogen) atoms. The third-order valence-corrected chi connectivity index (χ3v) is 7.16. The van der Waals surface area contributed by atoms with Gasteiger partial charge in [0.1, 0.15) is 17.7 Å². The monoisotopic (exact) mass is 489 g/mol. The Morgan fingerprint density at radius 2 is 1.89 bits per heavy atom. The van der Waals surface area contributed by atoms with Crippen LogP contribution in [0.2, 0.25) is 0 Å². The van der Waals surface area contributed by atoms with E-state index in [0.29, 0.717) is 67.3 Å². The summed E-state index contributed by atoms with van der Waals surface area (Å²) >= 11 is 0. The van der Waals surface area contributed by atoms with Gasteiger partial charge in [-0.15, -0.1) is 0 Å². The van der Waals surface area contributed by atoms with Gasteiger partial charge in [-0.1, -0.05) is 24.3 Å². The van der Waals surface area contributed by atoms with E-state index in [-0.39, 0.29) is 17.8 Å². The maximum absolute atomic E-state index is 13.8. The number of dihydropyridines is 1. The smallest absolute Gasteiger partial charge is 0.337 e. The van der Waals surface area contributed by atoms with Gasteiger partial charge in [-0.3, -0.25) is 4.79 Å². The summed E-state index contributed by atoms with van der Waals surface area (Å²) in [5, 5.41) is 3.38. The zero-order valence-electron chi connectivity index (χ0n) is 20.6. The number of methoxy groups -OCH3 is 1. The van der Waals surface area contributed by atoms with Crippen molar-refractivity contribution in [1.29, 1.82) is 0 Å². The molecule has 0 amide bonds. The summed E-state index contributed by atoms with van der Waals surface area (Å²) in [5.41, 5.74) is 10.00. The van der Waals surface area contributed by atoms with Crippen LogP contribution < -0.4 is 15.8 Å². The molecular weight excluding hydrogens is 458 g/mol. The summed E-state index contributed by atoms with van der Waals surface area (Å²) in [7, 11) is 1.64. The average molecular weight is 490 g/mol. The standard InChI is InChI=1S/C28H31N3O5/c1-16-25(28(33)36-18-10-12-35-13-11-18)27(20-7-5-9-24(29)31-20)26-21(30-16)14-17(15-22(26)32)19-6-3-4-8-23(19)34-2/h3-9,17-18,27,30H,10-15H2,1-2H3,(H2,29,31)/t17-,27-/m1/s1. The number of anilines is 1. The number of rotatable bonds is 5. The van der Waals surface area contributed by atoms with Crippen LogP contribution in [0, 0.1) is 0 Å². The number of Topliss-reactive ketones (excluding diaryl/α,β-unsaturated/α-hetero) is 1. The lowest BCUT2D eigenvalue weighted by atomic mass is 9.72. The summed E-state index contributed by atoms with van der Waals surface area (Å²) < 4.78 is 16.9. The summed E-state index contributed by atoms with van der Waals surface area (Å²) in [6, 6.07) is 13.1. The summed E-state index contributed by atoms with van der Waals surface area (Å²) in [5.74, 6) is -0.0680. The second-order valence-electron chi connectivity index (χ2n) is 9.46. The number of hydrogen-bond acceptors (Lipinski definition) is 8. The van der Waals surface area contributed by atoms with Gasteiger partial charge >= 0.3 is 5.97 Å². The van der Waals surface area contributed by atoms with Gasteiger partial charge in [0.25, 0.3) is 0 Å². The molecule has 2 atom stereocenters. The first-order chi connectivity index (χ1) is 17.5. The van der Waals surface area contributed by atoms with E-state index in [0.717, 1.165) is 17.0 Å². The van der Waals surface area contributed by atoms with Crippen LogP contribution in [-0.2, 0) is 19.1 Å². The third kappa shape index (κ3) is 4.60. The molecule has 0 saturated carbocycles. The first-order valence-electron chi connectivity index (χ1n) is 12.3. The minimum atomic E-state index is -0.650. The molecule has 1 fully saturated rings. The zero-order chi connectivity index (χ0) is 25.2. The Morgan fingerprint density at radius 1 is 1.11 bits per heavy atom. The van der Waals surface area contributed by atoms with Crippen LogP contribution in [0.4, 0.5) is 5.82 Å². The van der Waals surface area contributed by atoms with E-state index in [1.807, 2.05) is 37.3 Å². The van der Waals surface area contributed by atoms with Crippen LogP contribution in [0.15, 0.2) is 65.0 Å². The number of nitrogens with one attached hydrogen (secondary N) is 1. The molecule has 2 aliphatic heterocycles. The number of pyridine rings is 1. The Bertz CT molecular complexity index is 1250. The largest absolute Gasteiger partial charge is 0.496 e. The number of esters is 1. The minimum Gasteiger partial charge on any atom is -0.496 e. The van der Waals surface area contributed by atoms with Gasteiger partial charge in [0.15, 0.2) is 5.78 Å².